The summed E-state index contributed by atoms with van der Waals surface area (Å²) in [7, 11) is 0. The van der Waals surface area contributed by atoms with Crippen molar-refractivity contribution in [1.82, 2.24) is 0 Å². The van der Waals surface area contributed by atoms with Gasteiger partial charge < -0.3 is 5.73 Å². The van der Waals surface area contributed by atoms with Crippen LogP contribution in [0.3, 0.4) is 0 Å². The van der Waals surface area contributed by atoms with Crippen LogP contribution in [0.25, 0.3) is 0 Å². The number of hydrogen-bond acceptors (Lipinski definition) is 3. The number of nitrogens with two attached hydrogens (primary N) is 1. The van der Waals surface area contributed by atoms with E-state index in [9.17, 15) is 4.79 Å². The summed E-state index contributed by atoms with van der Waals surface area (Å²) >= 11 is 4.14. The minimum absolute atomic E-state index is 0.168. The monoisotopic (exact) mass is 189 g/mol. The van der Waals surface area contributed by atoms with E-state index in [0.717, 1.165) is 19.3 Å². The van der Waals surface area contributed by atoms with Gasteiger partial charge in [0.2, 0.25) is 0 Å². The molecule has 72 valence electrons. The maximum Gasteiger partial charge on any atom is 0.149 e. The lowest BCUT2D eigenvalue weighted by atomic mass is 9.94. The summed E-state index contributed by atoms with van der Waals surface area (Å²) < 4.78 is 0. The molecule has 0 rings (SSSR count). The maximum absolute atomic E-state index is 11.5. The normalized spacial score (nSPS) is 15.7. The Balaban J connectivity index is 4.01. The van der Waals surface area contributed by atoms with Gasteiger partial charge in [-0.3, -0.25) is 4.79 Å². The lowest BCUT2D eigenvalue weighted by molar-refractivity contribution is -0.122. The molecule has 0 saturated heterocycles. The van der Waals surface area contributed by atoms with Gasteiger partial charge in [-0.05, 0) is 12.8 Å². The Morgan fingerprint density at radius 1 is 1.50 bits per heavy atom. The predicted molar refractivity (Wildman–Crippen MR) is 55.5 cm³/mol. The highest BCUT2D eigenvalue weighted by Gasteiger charge is 2.20. The molecular weight excluding hydrogens is 170 g/mol. The smallest absolute Gasteiger partial charge is 0.149 e. The molecule has 0 aromatic rings. The van der Waals surface area contributed by atoms with Gasteiger partial charge in [-0.15, -0.1) is 0 Å². The second kappa shape index (κ2) is 6.49. The molecule has 0 aromatic carbocycles. The third-order valence-electron chi connectivity index (χ3n) is 2.08. The van der Waals surface area contributed by atoms with Crippen LogP contribution < -0.4 is 5.73 Å². The van der Waals surface area contributed by atoms with E-state index in [-0.39, 0.29) is 17.0 Å². The fraction of sp³-hybridized carbons (Fsp3) is 0.889. The van der Waals surface area contributed by atoms with Crippen molar-refractivity contribution in [2.24, 2.45) is 11.7 Å². The van der Waals surface area contributed by atoms with Gasteiger partial charge in [-0.2, -0.15) is 12.6 Å². The molecule has 2 unspecified atom stereocenters. The van der Waals surface area contributed by atoms with Gasteiger partial charge in [0, 0.05) is 12.5 Å². The van der Waals surface area contributed by atoms with Crippen LogP contribution in [0.4, 0.5) is 0 Å². The van der Waals surface area contributed by atoms with Crippen molar-refractivity contribution < 1.29 is 4.79 Å². The number of hydrogen-bond donors (Lipinski definition) is 2. The molecule has 0 fully saturated rings. The molecule has 0 spiro atoms. The minimum Gasteiger partial charge on any atom is -0.329 e. The summed E-state index contributed by atoms with van der Waals surface area (Å²) in [5.74, 6) is 0.381. The first kappa shape index (κ1) is 12.0. The van der Waals surface area contributed by atoms with Gasteiger partial charge in [-0.1, -0.05) is 20.3 Å². The second-order valence-electron chi connectivity index (χ2n) is 3.05. The van der Waals surface area contributed by atoms with Crippen molar-refractivity contribution >= 4 is 18.4 Å². The molecule has 0 aliphatic carbocycles. The van der Waals surface area contributed by atoms with Crippen molar-refractivity contribution in [2.75, 3.05) is 6.54 Å². The first-order chi connectivity index (χ1) is 5.67. The fourth-order valence-corrected chi connectivity index (χ4v) is 1.50. The Hall–Kier alpha value is -0.0200. The molecule has 0 aromatic heterocycles. The Morgan fingerprint density at radius 3 is 2.42 bits per heavy atom. The number of carbonyl (C=O) groups excluding carboxylic acids is 1. The first-order valence-corrected chi connectivity index (χ1v) is 5.10. The molecule has 0 aliphatic rings. The summed E-state index contributed by atoms with van der Waals surface area (Å²) in [5.41, 5.74) is 5.36. The molecule has 2 N–H and O–H groups in total. The van der Waals surface area contributed by atoms with E-state index in [0.29, 0.717) is 6.54 Å². The third kappa shape index (κ3) is 3.59. The lowest BCUT2D eigenvalue weighted by Gasteiger charge is -2.15. The SMILES string of the molecule is CCCC(CC)C(=O)C(S)CN. The summed E-state index contributed by atoms with van der Waals surface area (Å²) in [6, 6.07) is 0. The highest BCUT2D eigenvalue weighted by molar-refractivity contribution is 7.81. The number of rotatable bonds is 6. The van der Waals surface area contributed by atoms with Crippen LogP contribution in [0, 0.1) is 5.92 Å². The number of Topliss-reactive ketones (excluding diaryl/α,β-unsaturated/α-hetero) is 1. The maximum atomic E-state index is 11.5. The van der Waals surface area contributed by atoms with Crippen LogP contribution in [0.15, 0.2) is 0 Å². The van der Waals surface area contributed by atoms with Gasteiger partial charge in [-0.25, -0.2) is 0 Å². The van der Waals surface area contributed by atoms with E-state index in [1.807, 2.05) is 6.92 Å². The Bertz CT molecular complexity index is 138. The largest absolute Gasteiger partial charge is 0.329 e. The standard InChI is InChI=1S/C9H19NOS/c1-3-5-7(4-2)9(11)8(12)6-10/h7-8,12H,3-6,10H2,1-2H3. The molecule has 0 aliphatic heterocycles. The molecule has 3 heteroatoms. The minimum atomic E-state index is -0.263. The van der Waals surface area contributed by atoms with E-state index >= 15 is 0 Å². The van der Waals surface area contributed by atoms with Crippen molar-refractivity contribution in [3.05, 3.63) is 0 Å². The molecule has 0 saturated carbocycles. The van der Waals surface area contributed by atoms with Gasteiger partial charge >= 0.3 is 0 Å². The summed E-state index contributed by atoms with van der Waals surface area (Å²) in [4.78, 5) is 11.5. The average molecular weight is 189 g/mol. The van der Waals surface area contributed by atoms with Crippen molar-refractivity contribution in [1.29, 1.82) is 0 Å². The van der Waals surface area contributed by atoms with Crippen LogP contribution in [0.1, 0.15) is 33.1 Å². The Morgan fingerprint density at radius 2 is 2.08 bits per heavy atom. The zero-order valence-electron chi connectivity index (χ0n) is 7.92. The van der Waals surface area contributed by atoms with Crippen LogP contribution in [0.5, 0.6) is 0 Å². The molecule has 2 nitrogen and oxygen atoms in total. The molecule has 0 bridgehead atoms. The third-order valence-corrected chi connectivity index (χ3v) is 2.55. The fourth-order valence-electron chi connectivity index (χ4n) is 1.28. The van der Waals surface area contributed by atoms with Gasteiger partial charge in [0.15, 0.2) is 0 Å². The van der Waals surface area contributed by atoms with Crippen molar-refractivity contribution in [2.45, 2.75) is 38.4 Å². The topological polar surface area (TPSA) is 43.1 Å². The Labute approximate surface area is 80.3 Å². The molecule has 0 radical (unpaired) electrons. The van der Waals surface area contributed by atoms with Gasteiger partial charge in [0.05, 0.1) is 5.25 Å². The summed E-state index contributed by atoms with van der Waals surface area (Å²) in [6.07, 6.45) is 2.92. The second-order valence-corrected chi connectivity index (χ2v) is 3.67. The van der Waals surface area contributed by atoms with E-state index < -0.39 is 0 Å². The van der Waals surface area contributed by atoms with Crippen molar-refractivity contribution in [3.63, 3.8) is 0 Å². The zero-order chi connectivity index (χ0) is 9.56. The highest BCUT2D eigenvalue weighted by atomic mass is 32.1. The van der Waals surface area contributed by atoms with Crippen LogP contribution in [-0.2, 0) is 4.79 Å². The zero-order valence-corrected chi connectivity index (χ0v) is 8.81. The summed E-state index contributed by atoms with van der Waals surface area (Å²) in [5, 5.41) is -0.263. The first-order valence-electron chi connectivity index (χ1n) is 4.59. The van der Waals surface area contributed by atoms with Gasteiger partial charge in [0.25, 0.3) is 0 Å². The predicted octanol–water partition coefficient (Wildman–Crippen LogP) is 1.64. The van der Waals surface area contributed by atoms with E-state index in [1.165, 1.54) is 0 Å². The quantitative estimate of drug-likeness (QED) is 0.624. The average Bonchev–Trinajstić information content (AvgIpc) is 2.11. The van der Waals surface area contributed by atoms with E-state index in [4.69, 9.17) is 5.73 Å². The summed E-state index contributed by atoms with van der Waals surface area (Å²) in [6.45, 7) is 4.48. The van der Waals surface area contributed by atoms with E-state index in [2.05, 4.69) is 19.6 Å². The van der Waals surface area contributed by atoms with Crippen LogP contribution in [0.2, 0.25) is 0 Å². The van der Waals surface area contributed by atoms with Crippen LogP contribution >= 0.6 is 12.6 Å². The molecular formula is C9H19NOS. The molecule has 12 heavy (non-hydrogen) atoms. The molecule has 0 amide bonds. The number of carbonyl (C=O) groups is 1. The van der Waals surface area contributed by atoms with Gasteiger partial charge in [0.1, 0.15) is 5.78 Å². The van der Waals surface area contributed by atoms with Crippen LogP contribution in [-0.4, -0.2) is 17.6 Å². The number of ketones is 1. The molecule has 2 atom stereocenters. The van der Waals surface area contributed by atoms with E-state index in [1.54, 1.807) is 0 Å². The molecule has 0 heterocycles. The Kier molecular flexibility index (Phi) is 6.48. The lowest BCUT2D eigenvalue weighted by Crippen LogP contribution is -2.30. The van der Waals surface area contributed by atoms with Crippen molar-refractivity contribution in [3.8, 4) is 0 Å². The highest BCUT2D eigenvalue weighted by Crippen LogP contribution is 2.15. The number of thiol groups is 1.